The number of nitrogens with one attached hydrogen (secondary N) is 1. The van der Waals surface area contributed by atoms with Crippen molar-refractivity contribution in [2.24, 2.45) is 7.05 Å². The first-order valence-electron chi connectivity index (χ1n) is 9.23. The van der Waals surface area contributed by atoms with Crippen molar-refractivity contribution in [3.63, 3.8) is 0 Å². The molecule has 0 saturated carbocycles. The van der Waals surface area contributed by atoms with E-state index in [0.29, 0.717) is 42.2 Å². The zero-order valence-corrected chi connectivity index (χ0v) is 16.3. The van der Waals surface area contributed by atoms with Crippen molar-refractivity contribution in [2.75, 3.05) is 20.3 Å². The topological polar surface area (TPSA) is 65.4 Å². The highest BCUT2D eigenvalue weighted by atomic mass is 19.1. The fourth-order valence-electron chi connectivity index (χ4n) is 2.98. The number of nitrogens with zero attached hydrogens (tertiary/aromatic N) is 2. The summed E-state index contributed by atoms with van der Waals surface area (Å²) in [4.78, 5) is 17.1. The minimum Gasteiger partial charge on any atom is -0.497 e. The van der Waals surface area contributed by atoms with E-state index in [1.165, 1.54) is 12.1 Å². The van der Waals surface area contributed by atoms with Gasteiger partial charge in [0.25, 0.3) is 5.91 Å². The summed E-state index contributed by atoms with van der Waals surface area (Å²) < 4.78 is 26.2. The first-order chi connectivity index (χ1) is 13.5. The summed E-state index contributed by atoms with van der Waals surface area (Å²) in [6.45, 7) is 2.92. The Labute approximate surface area is 163 Å². The summed E-state index contributed by atoms with van der Waals surface area (Å²) in [6.07, 6.45) is 1.37. The van der Waals surface area contributed by atoms with Crippen LogP contribution in [0, 0.1) is 5.82 Å². The molecule has 1 aromatic heterocycles. The largest absolute Gasteiger partial charge is 0.497 e. The molecule has 0 bridgehead atoms. The number of fused-ring (bicyclic) bond motifs is 1. The molecule has 3 rings (SSSR count). The number of methoxy groups -OCH3 is 1. The molecule has 7 heteroatoms. The number of rotatable bonds is 8. The van der Waals surface area contributed by atoms with E-state index >= 15 is 0 Å². The van der Waals surface area contributed by atoms with E-state index in [4.69, 9.17) is 9.47 Å². The second-order valence-electron chi connectivity index (χ2n) is 6.44. The lowest BCUT2D eigenvalue weighted by molar-refractivity contribution is 0.0949. The molecule has 0 unspecified atom stereocenters. The van der Waals surface area contributed by atoms with Crippen LogP contribution in [-0.2, 0) is 13.5 Å². The van der Waals surface area contributed by atoms with Crippen molar-refractivity contribution in [3.05, 3.63) is 53.6 Å². The van der Waals surface area contributed by atoms with Gasteiger partial charge in [0.1, 0.15) is 23.1 Å². The molecule has 1 amide bonds. The van der Waals surface area contributed by atoms with Gasteiger partial charge < -0.3 is 19.4 Å². The second kappa shape index (κ2) is 8.73. The zero-order valence-electron chi connectivity index (χ0n) is 16.3. The maximum atomic E-state index is 13.4. The molecule has 0 radical (unpaired) electrons. The van der Waals surface area contributed by atoms with E-state index in [1.54, 1.807) is 31.4 Å². The van der Waals surface area contributed by atoms with Gasteiger partial charge >= 0.3 is 0 Å². The minimum absolute atomic E-state index is 0.224. The second-order valence-corrected chi connectivity index (χ2v) is 6.44. The Balaban J connectivity index is 1.68. The number of benzene rings is 2. The van der Waals surface area contributed by atoms with Gasteiger partial charge in [-0.15, -0.1) is 0 Å². The number of aryl methyl sites for hydroxylation is 1. The van der Waals surface area contributed by atoms with Crippen LogP contribution in [0.1, 0.15) is 29.5 Å². The molecule has 3 aromatic rings. The van der Waals surface area contributed by atoms with Crippen LogP contribution in [0.4, 0.5) is 4.39 Å². The van der Waals surface area contributed by atoms with E-state index < -0.39 is 0 Å². The van der Waals surface area contributed by atoms with Crippen LogP contribution in [0.3, 0.4) is 0 Å². The lowest BCUT2D eigenvalue weighted by Gasteiger charge is -2.12. The number of carbonyl (C=O) groups excluding carboxylic acids is 1. The number of hydrogen-bond acceptors (Lipinski definition) is 4. The van der Waals surface area contributed by atoms with Crippen molar-refractivity contribution in [3.8, 4) is 11.5 Å². The minimum atomic E-state index is -0.315. The summed E-state index contributed by atoms with van der Waals surface area (Å²) in [5.41, 5.74) is 1.92. The lowest BCUT2D eigenvalue weighted by atomic mass is 10.1. The van der Waals surface area contributed by atoms with Gasteiger partial charge in [-0.05, 0) is 30.7 Å². The number of aromatic nitrogens is 2. The highest BCUT2D eigenvalue weighted by Crippen LogP contribution is 2.25. The third-order valence-electron chi connectivity index (χ3n) is 4.46. The highest BCUT2D eigenvalue weighted by molar-refractivity contribution is 5.97. The van der Waals surface area contributed by atoms with E-state index in [9.17, 15) is 9.18 Å². The average Bonchev–Trinajstić information content (AvgIpc) is 3.00. The van der Waals surface area contributed by atoms with Gasteiger partial charge in [-0.25, -0.2) is 9.37 Å². The molecule has 0 atom stereocenters. The van der Waals surface area contributed by atoms with E-state index in [1.807, 2.05) is 18.5 Å². The Morgan fingerprint density at radius 2 is 2.07 bits per heavy atom. The van der Waals surface area contributed by atoms with Gasteiger partial charge in [-0.1, -0.05) is 6.92 Å². The molecule has 0 saturated heterocycles. The number of hydrogen-bond donors (Lipinski definition) is 1. The number of amides is 1. The van der Waals surface area contributed by atoms with Gasteiger partial charge in [0.15, 0.2) is 0 Å². The van der Waals surface area contributed by atoms with Gasteiger partial charge in [-0.3, -0.25) is 4.79 Å². The normalized spacial score (nSPS) is 10.9. The zero-order chi connectivity index (χ0) is 20.1. The fraction of sp³-hybridized carbons (Fsp3) is 0.333. The molecule has 0 fully saturated rings. The Bertz CT molecular complexity index is 984. The molecule has 0 aliphatic carbocycles. The predicted octanol–water partition coefficient (Wildman–Crippen LogP) is 3.48. The molecule has 6 nitrogen and oxygen atoms in total. The molecule has 1 N–H and O–H groups in total. The first-order valence-corrected chi connectivity index (χ1v) is 9.23. The number of ether oxygens (including phenoxy) is 2. The van der Waals surface area contributed by atoms with Crippen LogP contribution in [0.5, 0.6) is 11.5 Å². The molecular weight excluding hydrogens is 361 g/mol. The summed E-state index contributed by atoms with van der Waals surface area (Å²) in [5, 5.41) is 2.90. The van der Waals surface area contributed by atoms with Crippen molar-refractivity contribution in [1.29, 1.82) is 0 Å². The van der Waals surface area contributed by atoms with Crippen molar-refractivity contribution < 1.29 is 18.7 Å². The summed E-state index contributed by atoms with van der Waals surface area (Å²) in [7, 11) is 3.45. The Morgan fingerprint density at radius 3 is 2.82 bits per heavy atom. The predicted molar refractivity (Wildman–Crippen MR) is 105 cm³/mol. The van der Waals surface area contributed by atoms with E-state index in [-0.39, 0.29) is 11.7 Å². The SMILES string of the molecule is CCCOc1cc(OC)ccc1C(=O)NCCc1nc2cc(F)ccc2n1C. The molecular formula is C21H24FN3O3. The van der Waals surface area contributed by atoms with Crippen LogP contribution < -0.4 is 14.8 Å². The fourth-order valence-corrected chi connectivity index (χ4v) is 2.98. The summed E-state index contributed by atoms with van der Waals surface area (Å²) in [6, 6.07) is 9.66. The number of halogens is 1. The quantitative estimate of drug-likeness (QED) is 0.645. The Morgan fingerprint density at radius 1 is 1.25 bits per heavy atom. The third-order valence-corrected chi connectivity index (χ3v) is 4.46. The first kappa shape index (κ1) is 19.7. The van der Waals surface area contributed by atoms with Crippen LogP contribution in [0.2, 0.25) is 0 Å². The molecule has 0 aliphatic rings. The molecule has 1 heterocycles. The smallest absolute Gasteiger partial charge is 0.255 e. The summed E-state index contributed by atoms with van der Waals surface area (Å²) in [5.74, 6) is 1.37. The van der Waals surface area contributed by atoms with Gasteiger partial charge in [0.05, 0.1) is 30.3 Å². The Kier molecular flexibility index (Phi) is 6.13. The van der Waals surface area contributed by atoms with Crippen LogP contribution >= 0.6 is 0 Å². The van der Waals surface area contributed by atoms with Crippen molar-refractivity contribution in [1.82, 2.24) is 14.9 Å². The highest BCUT2D eigenvalue weighted by Gasteiger charge is 2.14. The maximum Gasteiger partial charge on any atom is 0.255 e. The molecule has 2 aromatic carbocycles. The monoisotopic (exact) mass is 385 g/mol. The molecule has 0 spiro atoms. The summed E-state index contributed by atoms with van der Waals surface area (Å²) >= 11 is 0. The van der Waals surface area contributed by atoms with Crippen LogP contribution in [-0.4, -0.2) is 35.7 Å². The standard InChI is InChI=1S/C21H24FN3O3/c1-4-11-28-19-13-15(27-3)6-7-16(19)21(26)23-10-9-20-24-17-12-14(22)5-8-18(17)25(20)2/h5-8,12-13H,4,9-11H2,1-3H3,(H,23,26). The van der Waals surface area contributed by atoms with Crippen LogP contribution in [0.15, 0.2) is 36.4 Å². The van der Waals surface area contributed by atoms with E-state index in [0.717, 1.165) is 17.8 Å². The van der Waals surface area contributed by atoms with Gasteiger partial charge in [0, 0.05) is 32.1 Å². The number of imidazole rings is 1. The maximum absolute atomic E-state index is 13.4. The van der Waals surface area contributed by atoms with Crippen molar-refractivity contribution in [2.45, 2.75) is 19.8 Å². The average molecular weight is 385 g/mol. The molecule has 148 valence electrons. The van der Waals surface area contributed by atoms with Crippen molar-refractivity contribution >= 4 is 16.9 Å². The van der Waals surface area contributed by atoms with Gasteiger partial charge in [-0.2, -0.15) is 0 Å². The Hall–Kier alpha value is -3.09. The lowest BCUT2D eigenvalue weighted by Crippen LogP contribution is -2.27. The van der Waals surface area contributed by atoms with E-state index in [2.05, 4.69) is 10.3 Å². The third kappa shape index (κ3) is 4.24. The van der Waals surface area contributed by atoms with Crippen LogP contribution in [0.25, 0.3) is 11.0 Å². The molecule has 28 heavy (non-hydrogen) atoms. The molecule has 0 aliphatic heterocycles. The van der Waals surface area contributed by atoms with Gasteiger partial charge in [0.2, 0.25) is 0 Å². The number of carbonyl (C=O) groups is 1.